The summed E-state index contributed by atoms with van der Waals surface area (Å²) in [6.45, 7) is 0. The van der Waals surface area contributed by atoms with Crippen molar-refractivity contribution in [2.75, 3.05) is 7.11 Å². The number of ether oxygens (including phenoxy) is 1. The molecular formula is C23H21N3O3. The van der Waals surface area contributed by atoms with Gasteiger partial charge in [0, 0.05) is 12.3 Å². The second kappa shape index (κ2) is 8.14. The van der Waals surface area contributed by atoms with E-state index in [0.717, 1.165) is 24.1 Å². The molecule has 0 bridgehead atoms. The summed E-state index contributed by atoms with van der Waals surface area (Å²) < 4.78 is 7.19. The normalized spacial score (nSPS) is 15.3. The van der Waals surface area contributed by atoms with E-state index in [4.69, 9.17) is 4.74 Å². The number of methoxy groups -OCH3 is 1. The van der Waals surface area contributed by atoms with E-state index in [0.29, 0.717) is 17.7 Å². The van der Waals surface area contributed by atoms with Crippen molar-refractivity contribution in [3.05, 3.63) is 83.4 Å². The number of fused-ring (bicyclic) bond motifs is 1. The minimum absolute atomic E-state index is 0.0634. The van der Waals surface area contributed by atoms with Crippen LogP contribution in [0.5, 0.6) is 5.75 Å². The van der Waals surface area contributed by atoms with Crippen LogP contribution in [-0.2, 0) is 11.2 Å². The van der Waals surface area contributed by atoms with Crippen molar-refractivity contribution in [3.8, 4) is 11.4 Å². The quantitative estimate of drug-likeness (QED) is 0.519. The van der Waals surface area contributed by atoms with Gasteiger partial charge in [-0.05, 0) is 47.7 Å². The SMILES string of the molecule is COc1cc(/C=C/C(=O)NC2CCc3ccccc32)ccc1-n1cnc(C=O)c1. The van der Waals surface area contributed by atoms with Gasteiger partial charge in [-0.1, -0.05) is 30.3 Å². The summed E-state index contributed by atoms with van der Waals surface area (Å²) in [5, 5.41) is 3.08. The van der Waals surface area contributed by atoms with Crippen molar-refractivity contribution >= 4 is 18.3 Å². The lowest BCUT2D eigenvalue weighted by Gasteiger charge is -2.12. The molecule has 146 valence electrons. The maximum absolute atomic E-state index is 12.4. The fourth-order valence-corrected chi connectivity index (χ4v) is 3.64. The largest absolute Gasteiger partial charge is 0.495 e. The Bertz CT molecular complexity index is 1080. The van der Waals surface area contributed by atoms with Crippen LogP contribution in [0, 0.1) is 0 Å². The van der Waals surface area contributed by atoms with Crippen LogP contribution in [0.2, 0.25) is 0 Å². The predicted octanol–water partition coefficient (Wildman–Crippen LogP) is 3.51. The number of nitrogens with zero attached hydrogens (tertiary/aromatic N) is 2. The van der Waals surface area contributed by atoms with E-state index < -0.39 is 0 Å². The smallest absolute Gasteiger partial charge is 0.244 e. The molecule has 0 fully saturated rings. The Hall–Kier alpha value is -3.67. The Morgan fingerprint density at radius 3 is 2.93 bits per heavy atom. The number of amides is 1. The standard InChI is InChI=1S/C23H21N3O3/c1-29-22-12-16(6-10-21(22)26-13-18(14-27)24-15-26)7-11-23(28)25-20-9-8-17-4-2-3-5-19(17)20/h2-7,10-15,20H,8-9H2,1H3,(H,25,28)/b11-7+. The van der Waals surface area contributed by atoms with Gasteiger partial charge in [0.25, 0.3) is 0 Å². The number of rotatable bonds is 6. The van der Waals surface area contributed by atoms with Crippen LogP contribution >= 0.6 is 0 Å². The van der Waals surface area contributed by atoms with E-state index in [1.54, 1.807) is 30.3 Å². The summed E-state index contributed by atoms with van der Waals surface area (Å²) in [6.07, 6.45) is 9.10. The van der Waals surface area contributed by atoms with Crippen LogP contribution in [0.25, 0.3) is 11.8 Å². The Balaban J connectivity index is 1.47. The van der Waals surface area contributed by atoms with Crippen molar-refractivity contribution in [3.63, 3.8) is 0 Å². The number of carbonyl (C=O) groups is 2. The van der Waals surface area contributed by atoms with Gasteiger partial charge in [0.1, 0.15) is 17.8 Å². The molecule has 6 heteroatoms. The van der Waals surface area contributed by atoms with E-state index in [9.17, 15) is 9.59 Å². The molecule has 6 nitrogen and oxygen atoms in total. The number of benzene rings is 2. The zero-order chi connectivity index (χ0) is 20.2. The first-order valence-corrected chi connectivity index (χ1v) is 9.42. The van der Waals surface area contributed by atoms with Gasteiger partial charge < -0.3 is 14.6 Å². The van der Waals surface area contributed by atoms with Gasteiger partial charge >= 0.3 is 0 Å². The van der Waals surface area contributed by atoms with Gasteiger partial charge in [0.05, 0.1) is 18.8 Å². The molecule has 0 radical (unpaired) electrons. The van der Waals surface area contributed by atoms with Crippen molar-refractivity contribution in [2.24, 2.45) is 0 Å². The third-order valence-corrected chi connectivity index (χ3v) is 5.08. The summed E-state index contributed by atoms with van der Waals surface area (Å²) in [5.41, 5.74) is 4.45. The van der Waals surface area contributed by atoms with Crippen molar-refractivity contribution in [1.29, 1.82) is 0 Å². The Labute approximate surface area is 168 Å². The third kappa shape index (κ3) is 3.96. The molecule has 2 aromatic carbocycles. The van der Waals surface area contributed by atoms with Crippen LogP contribution in [0.4, 0.5) is 0 Å². The second-order valence-corrected chi connectivity index (χ2v) is 6.89. The molecule has 0 aliphatic heterocycles. The lowest BCUT2D eigenvalue weighted by atomic mass is 10.1. The number of aldehydes is 1. The number of carbonyl (C=O) groups excluding carboxylic acids is 2. The van der Waals surface area contributed by atoms with Gasteiger partial charge in [-0.25, -0.2) is 4.98 Å². The van der Waals surface area contributed by atoms with Gasteiger partial charge in [-0.15, -0.1) is 0 Å². The zero-order valence-corrected chi connectivity index (χ0v) is 16.0. The molecule has 0 saturated heterocycles. The van der Waals surface area contributed by atoms with Crippen LogP contribution < -0.4 is 10.1 Å². The van der Waals surface area contributed by atoms with Crippen LogP contribution in [-0.4, -0.2) is 28.9 Å². The Kier molecular flexibility index (Phi) is 5.24. The molecule has 1 aromatic heterocycles. The molecule has 1 N–H and O–H groups in total. The highest BCUT2D eigenvalue weighted by Crippen LogP contribution is 2.30. The third-order valence-electron chi connectivity index (χ3n) is 5.08. The van der Waals surface area contributed by atoms with Crippen molar-refractivity contribution in [1.82, 2.24) is 14.9 Å². The first-order chi connectivity index (χ1) is 14.2. The summed E-state index contributed by atoms with van der Waals surface area (Å²) in [4.78, 5) is 27.2. The Morgan fingerprint density at radius 2 is 2.14 bits per heavy atom. The lowest BCUT2D eigenvalue weighted by Crippen LogP contribution is -2.25. The highest BCUT2D eigenvalue weighted by atomic mass is 16.5. The maximum atomic E-state index is 12.4. The molecular weight excluding hydrogens is 366 g/mol. The molecule has 0 spiro atoms. The van der Waals surface area contributed by atoms with Crippen LogP contribution in [0.15, 0.2) is 61.1 Å². The highest BCUT2D eigenvalue weighted by Gasteiger charge is 2.22. The molecule has 1 unspecified atom stereocenters. The highest BCUT2D eigenvalue weighted by molar-refractivity contribution is 5.92. The molecule has 1 amide bonds. The number of hydrogen-bond donors (Lipinski definition) is 1. The molecule has 29 heavy (non-hydrogen) atoms. The minimum atomic E-state index is -0.125. The fourth-order valence-electron chi connectivity index (χ4n) is 3.64. The van der Waals surface area contributed by atoms with Gasteiger partial charge in [-0.3, -0.25) is 9.59 Å². The van der Waals surface area contributed by atoms with Crippen molar-refractivity contribution in [2.45, 2.75) is 18.9 Å². The topological polar surface area (TPSA) is 73.2 Å². The van der Waals surface area contributed by atoms with E-state index >= 15 is 0 Å². The molecule has 0 saturated carbocycles. The zero-order valence-electron chi connectivity index (χ0n) is 16.0. The minimum Gasteiger partial charge on any atom is -0.495 e. The molecule has 1 aliphatic rings. The van der Waals surface area contributed by atoms with E-state index in [-0.39, 0.29) is 11.9 Å². The number of hydrogen-bond acceptors (Lipinski definition) is 4. The maximum Gasteiger partial charge on any atom is 0.244 e. The monoisotopic (exact) mass is 387 g/mol. The predicted molar refractivity (Wildman–Crippen MR) is 110 cm³/mol. The van der Waals surface area contributed by atoms with Crippen molar-refractivity contribution < 1.29 is 14.3 Å². The van der Waals surface area contributed by atoms with E-state index in [1.165, 1.54) is 17.2 Å². The second-order valence-electron chi connectivity index (χ2n) is 6.89. The summed E-state index contributed by atoms with van der Waals surface area (Å²) in [5.74, 6) is 0.493. The first kappa shape index (κ1) is 18.7. The Morgan fingerprint density at radius 1 is 1.28 bits per heavy atom. The van der Waals surface area contributed by atoms with Crippen LogP contribution in [0.3, 0.4) is 0 Å². The number of aromatic nitrogens is 2. The van der Waals surface area contributed by atoms with E-state index in [1.807, 2.05) is 30.3 Å². The summed E-state index contributed by atoms with van der Waals surface area (Å²) >= 11 is 0. The average molecular weight is 387 g/mol. The summed E-state index contributed by atoms with van der Waals surface area (Å²) in [7, 11) is 1.58. The summed E-state index contributed by atoms with van der Waals surface area (Å²) in [6, 6.07) is 13.9. The van der Waals surface area contributed by atoms with Gasteiger partial charge in [-0.2, -0.15) is 0 Å². The molecule has 1 atom stereocenters. The van der Waals surface area contributed by atoms with Crippen LogP contribution in [0.1, 0.15) is 39.6 Å². The molecule has 1 heterocycles. The molecule has 4 rings (SSSR count). The number of imidazole rings is 1. The lowest BCUT2D eigenvalue weighted by molar-refractivity contribution is -0.117. The number of nitrogens with one attached hydrogen (secondary N) is 1. The number of aryl methyl sites for hydroxylation is 1. The first-order valence-electron chi connectivity index (χ1n) is 9.42. The van der Waals surface area contributed by atoms with Gasteiger partial charge in [0.2, 0.25) is 5.91 Å². The average Bonchev–Trinajstić information content (AvgIpc) is 3.39. The van der Waals surface area contributed by atoms with E-state index in [2.05, 4.69) is 22.4 Å². The fraction of sp³-hybridized carbons (Fsp3) is 0.174. The molecule has 1 aliphatic carbocycles. The van der Waals surface area contributed by atoms with Gasteiger partial charge in [0.15, 0.2) is 6.29 Å². The molecule has 3 aromatic rings.